The van der Waals surface area contributed by atoms with Crippen molar-refractivity contribution < 1.29 is 17.9 Å². The Morgan fingerprint density at radius 2 is 1.72 bits per heavy atom. The number of amides is 1. The van der Waals surface area contributed by atoms with E-state index in [4.69, 9.17) is 4.74 Å². The smallest absolute Gasteiger partial charge is 0.257 e. The van der Waals surface area contributed by atoms with E-state index >= 15 is 0 Å². The molecule has 0 saturated carbocycles. The molecule has 0 N–H and O–H groups in total. The molecule has 25 heavy (non-hydrogen) atoms. The zero-order valence-corrected chi connectivity index (χ0v) is 16.1. The lowest BCUT2D eigenvalue weighted by Gasteiger charge is -2.23. The van der Waals surface area contributed by atoms with Gasteiger partial charge in [-0.2, -0.15) is 4.31 Å². The fourth-order valence-corrected chi connectivity index (χ4v) is 4.66. The molecule has 2 rings (SSSR count). The molecule has 1 fully saturated rings. The van der Waals surface area contributed by atoms with Crippen molar-refractivity contribution in [2.24, 2.45) is 0 Å². The molecule has 1 aromatic carbocycles. The minimum atomic E-state index is -3.61. The van der Waals surface area contributed by atoms with E-state index in [1.54, 1.807) is 24.8 Å². The maximum absolute atomic E-state index is 13.0. The quantitative estimate of drug-likeness (QED) is 0.774. The monoisotopic (exact) mass is 368 g/mol. The number of nitrogens with zero attached hydrogens (tertiary/aromatic N) is 2. The average Bonchev–Trinajstić information content (AvgIpc) is 2.90. The van der Waals surface area contributed by atoms with Crippen molar-refractivity contribution in [2.75, 3.05) is 33.3 Å². The maximum Gasteiger partial charge on any atom is 0.257 e. The summed E-state index contributed by atoms with van der Waals surface area (Å²) in [6.45, 7) is 5.78. The summed E-state index contributed by atoms with van der Waals surface area (Å²) in [7, 11) is -2.12. The van der Waals surface area contributed by atoms with Gasteiger partial charge >= 0.3 is 0 Å². The third-order valence-electron chi connectivity index (χ3n) is 4.64. The number of hydrogen-bond donors (Lipinski definition) is 0. The maximum atomic E-state index is 13.0. The van der Waals surface area contributed by atoms with Crippen LogP contribution in [0.3, 0.4) is 0 Å². The van der Waals surface area contributed by atoms with Crippen molar-refractivity contribution in [2.45, 2.75) is 44.4 Å². The van der Waals surface area contributed by atoms with Crippen molar-refractivity contribution in [3.8, 4) is 5.75 Å². The predicted octanol–water partition coefficient (Wildman–Crippen LogP) is 2.74. The number of likely N-dealkylation sites (tertiary alicyclic amines) is 1. The predicted molar refractivity (Wildman–Crippen MR) is 97.5 cm³/mol. The molecule has 7 heteroatoms. The van der Waals surface area contributed by atoms with Crippen LogP contribution in [0.5, 0.6) is 5.75 Å². The van der Waals surface area contributed by atoms with Crippen LogP contribution >= 0.6 is 0 Å². The molecular formula is C18H28N2O4S. The topological polar surface area (TPSA) is 66.9 Å². The van der Waals surface area contributed by atoms with Crippen molar-refractivity contribution in [3.63, 3.8) is 0 Å². The summed E-state index contributed by atoms with van der Waals surface area (Å²) in [5, 5.41) is 0. The summed E-state index contributed by atoms with van der Waals surface area (Å²) in [6, 6.07) is 4.53. The van der Waals surface area contributed by atoms with Gasteiger partial charge in [0.25, 0.3) is 5.91 Å². The molecule has 0 unspecified atom stereocenters. The van der Waals surface area contributed by atoms with E-state index in [0.29, 0.717) is 37.5 Å². The van der Waals surface area contributed by atoms with Gasteiger partial charge in [-0.25, -0.2) is 8.42 Å². The first-order valence-corrected chi connectivity index (χ1v) is 10.4. The van der Waals surface area contributed by atoms with Crippen LogP contribution < -0.4 is 4.74 Å². The first kappa shape index (κ1) is 19.7. The van der Waals surface area contributed by atoms with E-state index in [-0.39, 0.29) is 10.8 Å². The summed E-state index contributed by atoms with van der Waals surface area (Å²) < 4.78 is 32.2. The second-order valence-electron chi connectivity index (χ2n) is 6.16. The molecule has 0 aromatic heterocycles. The van der Waals surface area contributed by atoms with E-state index in [1.807, 2.05) is 0 Å². The molecule has 6 nitrogen and oxygen atoms in total. The van der Waals surface area contributed by atoms with Gasteiger partial charge in [-0.15, -0.1) is 0 Å². The Hall–Kier alpha value is -1.60. The van der Waals surface area contributed by atoms with Gasteiger partial charge in [0.05, 0.1) is 17.6 Å². The Morgan fingerprint density at radius 3 is 2.24 bits per heavy atom. The lowest BCUT2D eigenvalue weighted by Crippen LogP contribution is -2.33. The summed E-state index contributed by atoms with van der Waals surface area (Å²) in [5.41, 5.74) is 0.317. The van der Waals surface area contributed by atoms with Gasteiger partial charge in [-0.3, -0.25) is 4.79 Å². The van der Waals surface area contributed by atoms with Crippen molar-refractivity contribution in [1.82, 2.24) is 9.21 Å². The van der Waals surface area contributed by atoms with Gasteiger partial charge < -0.3 is 9.64 Å². The Labute approximate surface area is 150 Å². The molecule has 1 heterocycles. The van der Waals surface area contributed by atoms with Gasteiger partial charge in [0.1, 0.15) is 5.75 Å². The van der Waals surface area contributed by atoms with Crippen molar-refractivity contribution in [3.05, 3.63) is 23.8 Å². The van der Waals surface area contributed by atoms with Crippen LogP contribution in [-0.2, 0) is 10.0 Å². The Kier molecular flexibility index (Phi) is 6.84. The lowest BCUT2D eigenvalue weighted by atomic mass is 10.1. The van der Waals surface area contributed by atoms with Crippen LogP contribution in [0.15, 0.2) is 23.1 Å². The molecule has 1 aromatic rings. The Bertz CT molecular complexity index is 691. The van der Waals surface area contributed by atoms with Gasteiger partial charge in [0.2, 0.25) is 10.0 Å². The molecular weight excluding hydrogens is 340 g/mol. The van der Waals surface area contributed by atoms with Gasteiger partial charge in [-0.1, -0.05) is 26.7 Å². The molecule has 0 spiro atoms. The number of ether oxygens (including phenoxy) is 1. The summed E-state index contributed by atoms with van der Waals surface area (Å²) >= 11 is 0. The Morgan fingerprint density at radius 1 is 1.12 bits per heavy atom. The number of methoxy groups -OCH3 is 1. The zero-order valence-electron chi connectivity index (χ0n) is 15.3. The SMILES string of the molecule is CCN(CC)S(=O)(=O)c1ccc(OC)c(C(=O)N2CCCCCC2)c1. The van der Waals surface area contributed by atoms with Gasteiger partial charge in [-0.05, 0) is 31.0 Å². The largest absolute Gasteiger partial charge is 0.496 e. The molecule has 1 aliphatic heterocycles. The lowest BCUT2D eigenvalue weighted by molar-refractivity contribution is 0.0758. The van der Waals surface area contributed by atoms with Crippen molar-refractivity contribution in [1.29, 1.82) is 0 Å². The van der Waals surface area contributed by atoms with E-state index in [2.05, 4.69) is 0 Å². The second kappa shape index (κ2) is 8.67. The van der Waals surface area contributed by atoms with E-state index in [0.717, 1.165) is 25.7 Å². The molecule has 1 aliphatic rings. The molecule has 0 radical (unpaired) electrons. The zero-order chi connectivity index (χ0) is 18.4. The normalized spacial score (nSPS) is 15.9. The Balaban J connectivity index is 2.41. The highest BCUT2D eigenvalue weighted by molar-refractivity contribution is 7.89. The van der Waals surface area contributed by atoms with Crippen LogP contribution in [-0.4, -0.2) is 56.8 Å². The third-order valence-corrected chi connectivity index (χ3v) is 6.68. The number of benzene rings is 1. The number of carbonyl (C=O) groups excluding carboxylic acids is 1. The second-order valence-corrected chi connectivity index (χ2v) is 8.10. The number of rotatable bonds is 6. The summed E-state index contributed by atoms with van der Waals surface area (Å²) in [6.07, 6.45) is 4.20. The van der Waals surface area contributed by atoms with Crippen molar-refractivity contribution >= 4 is 15.9 Å². The van der Waals surface area contributed by atoms with E-state index in [9.17, 15) is 13.2 Å². The van der Waals surface area contributed by atoms with Crippen LogP contribution in [0.25, 0.3) is 0 Å². The van der Waals surface area contributed by atoms with Crippen LogP contribution in [0, 0.1) is 0 Å². The number of carbonyl (C=O) groups is 1. The van der Waals surface area contributed by atoms with Gasteiger partial charge in [0.15, 0.2) is 0 Å². The molecule has 0 atom stereocenters. The molecule has 0 aliphatic carbocycles. The fraction of sp³-hybridized carbons (Fsp3) is 0.611. The van der Waals surface area contributed by atoms with E-state index in [1.165, 1.54) is 23.5 Å². The minimum Gasteiger partial charge on any atom is -0.496 e. The fourth-order valence-electron chi connectivity index (χ4n) is 3.17. The van der Waals surface area contributed by atoms with Crippen LogP contribution in [0.2, 0.25) is 0 Å². The number of hydrogen-bond acceptors (Lipinski definition) is 4. The van der Waals surface area contributed by atoms with Crippen LogP contribution in [0.4, 0.5) is 0 Å². The highest BCUT2D eigenvalue weighted by Crippen LogP contribution is 2.26. The molecule has 1 amide bonds. The standard InChI is InChI=1S/C18H28N2O4S/c1-4-20(5-2)25(22,23)15-10-11-17(24-3)16(14-15)18(21)19-12-8-6-7-9-13-19/h10-11,14H,4-9,12-13H2,1-3H3. The van der Waals surface area contributed by atoms with E-state index < -0.39 is 10.0 Å². The molecule has 0 bridgehead atoms. The molecule has 140 valence electrons. The molecule has 1 saturated heterocycles. The average molecular weight is 368 g/mol. The van der Waals surface area contributed by atoms with Crippen LogP contribution in [0.1, 0.15) is 49.9 Å². The minimum absolute atomic E-state index is 0.134. The third kappa shape index (κ3) is 4.33. The van der Waals surface area contributed by atoms with Gasteiger partial charge in [0, 0.05) is 26.2 Å². The first-order chi connectivity index (χ1) is 12.0. The highest BCUT2D eigenvalue weighted by atomic mass is 32.2. The summed E-state index contributed by atoms with van der Waals surface area (Å²) in [4.78, 5) is 14.9. The number of sulfonamides is 1. The first-order valence-electron chi connectivity index (χ1n) is 8.93. The summed E-state index contributed by atoms with van der Waals surface area (Å²) in [5.74, 6) is 0.253. The highest BCUT2D eigenvalue weighted by Gasteiger charge is 2.26.